The lowest BCUT2D eigenvalue weighted by Gasteiger charge is -2.07. The van der Waals surface area contributed by atoms with Crippen LogP contribution in [0.2, 0.25) is 15.2 Å². The van der Waals surface area contributed by atoms with Crippen LogP contribution in [0.5, 0.6) is 5.75 Å². The maximum absolute atomic E-state index is 9.77. The van der Waals surface area contributed by atoms with Crippen molar-refractivity contribution < 1.29 is 5.11 Å². The highest BCUT2D eigenvalue weighted by molar-refractivity contribution is 6.36. The third-order valence-corrected chi connectivity index (χ3v) is 2.94. The highest BCUT2D eigenvalue weighted by atomic mass is 35.5. The summed E-state index contributed by atoms with van der Waals surface area (Å²) in [7, 11) is 0. The van der Waals surface area contributed by atoms with E-state index in [1.807, 2.05) is 0 Å². The van der Waals surface area contributed by atoms with Crippen LogP contribution in [0.4, 0.5) is 0 Å². The van der Waals surface area contributed by atoms with E-state index in [0.717, 1.165) is 0 Å². The van der Waals surface area contributed by atoms with Crippen molar-refractivity contribution in [1.29, 1.82) is 0 Å². The van der Waals surface area contributed by atoms with Gasteiger partial charge in [0.25, 0.3) is 0 Å². The van der Waals surface area contributed by atoms with E-state index in [4.69, 9.17) is 34.8 Å². The van der Waals surface area contributed by atoms with Gasteiger partial charge in [0.05, 0.1) is 0 Å². The van der Waals surface area contributed by atoms with Crippen LogP contribution in [0.25, 0.3) is 11.1 Å². The lowest BCUT2D eigenvalue weighted by molar-refractivity contribution is 0.475. The van der Waals surface area contributed by atoms with Gasteiger partial charge in [-0.15, -0.1) is 0 Å². The molecular weight excluding hydrogens is 268 g/mol. The molecule has 0 aliphatic heterocycles. The van der Waals surface area contributed by atoms with Gasteiger partial charge in [-0.3, -0.25) is 0 Å². The Morgan fingerprint density at radius 1 is 1.00 bits per heavy atom. The molecule has 0 aliphatic carbocycles. The van der Waals surface area contributed by atoms with Crippen LogP contribution in [0.3, 0.4) is 0 Å². The van der Waals surface area contributed by atoms with Crippen LogP contribution in [0.15, 0.2) is 30.5 Å². The minimum absolute atomic E-state index is 0.0357. The van der Waals surface area contributed by atoms with Gasteiger partial charge in [0.2, 0.25) is 0 Å². The fourth-order valence-corrected chi connectivity index (χ4v) is 1.90. The van der Waals surface area contributed by atoms with Crippen molar-refractivity contribution in [2.75, 3.05) is 0 Å². The summed E-state index contributed by atoms with van der Waals surface area (Å²) in [5, 5.41) is 10.8. The molecule has 0 radical (unpaired) electrons. The molecule has 1 heterocycles. The average molecular weight is 275 g/mol. The zero-order valence-corrected chi connectivity index (χ0v) is 10.2. The Labute approximate surface area is 107 Å². The Balaban J connectivity index is 2.67. The van der Waals surface area contributed by atoms with Gasteiger partial charge >= 0.3 is 0 Å². The predicted molar refractivity (Wildman–Crippen MR) is 66.4 cm³/mol. The van der Waals surface area contributed by atoms with Gasteiger partial charge in [-0.2, -0.15) is 0 Å². The Kier molecular flexibility index (Phi) is 3.24. The van der Waals surface area contributed by atoms with E-state index in [1.54, 1.807) is 24.3 Å². The van der Waals surface area contributed by atoms with E-state index in [2.05, 4.69) is 4.98 Å². The van der Waals surface area contributed by atoms with E-state index in [-0.39, 0.29) is 10.9 Å². The molecule has 0 atom stereocenters. The zero-order chi connectivity index (χ0) is 11.7. The van der Waals surface area contributed by atoms with Crippen molar-refractivity contribution >= 4 is 34.8 Å². The predicted octanol–water partition coefficient (Wildman–Crippen LogP) is 4.41. The van der Waals surface area contributed by atoms with Crippen LogP contribution >= 0.6 is 34.8 Å². The Bertz CT molecular complexity index is 543. The second-order valence-electron chi connectivity index (χ2n) is 3.12. The molecule has 0 aliphatic rings. The molecule has 0 amide bonds. The van der Waals surface area contributed by atoms with E-state index >= 15 is 0 Å². The number of benzene rings is 1. The van der Waals surface area contributed by atoms with Gasteiger partial charge < -0.3 is 5.11 Å². The Morgan fingerprint density at radius 2 is 1.75 bits per heavy atom. The number of aromatic hydroxyl groups is 1. The standard InChI is InChI=1S/C11H6Cl3NO/c12-6-1-2-9(13)8(5-6)7-3-4-15-11(14)10(7)16/h1-5,16H. The number of halogens is 3. The van der Waals surface area contributed by atoms with E-state index in [1.165, 1.54) is 6.20 Å². The average Bonchev–Trinajstić information content (AvgIpc) is 2.26. The first-order valence-electron chi connectivity index (χ1n) is 4.38. The summed E-state index contributed by atoms with van der Waals surface area (Å²) < 4.78 is 0. The summed E-state index contributed by atoms with van der Waals surface area (Å²) >= 11 is 17.6. The summed E-state index contributed by atoms with van der Waals surface area (Å²) in [6.45, 7) is 0. The second-order valence-corrected chi connectivity index (χ2v) is 4.32. The third-order valence-electron chi connectivity index (χ3n) is 2.10. The van der Waals surface area contributed by atoms with Crippen molar-refractivity contribution in [3.8, 4) is 16.9 Å². The molecule has 1 N–H and O–H groups in total. The van der Waals surface area contributed by atoms with Crippen molar-refractivity contribution in [2.24, 2.45) is 0 Å². The Hall–Kier alpha value is -0.960. The smallest absolute Gasteiger partial charge is 0.171 e. The molecule has 0 saturated heterocycles. The molecule has 0 spiro atoms. The molecule has 0 unspecified atom stereocenters. The SMILES string of the molecule is Oc1c(-c2cc(Cl)ccc2Cl)ccnc1Cl. The zero-order valence-electron chi connectivity index (χ0n) is 7.92. The lowest BCUT2D eigenvalue weighted by Crippen LogP contribution is -1.84. The van der Waals surface area contributed by atoms with E-state index < -0.39 is 0 Å². The van der Waals surface area contributed by atoms with Gasteiger partial charge in [-0.05, 0) is 24.3 Å². The first-order valence-corrected chi connectivity index (χ1v) is 5.52. The quantitative estimate of drug-likeness (QED) is 0.781. The summed E-state index contributed by atoms with van der Waals surface area (Å²) in [5.41, 5.74) is 1.13. The summed E-state index contributed by atoms with van der Waals surface area (Å²) in [5.74, 6) is -0.103. The van der Waals surface area contributed by atoms with Gasteiger partial charge in [0.1, 0.15) is 0 Å². The van der Waals surface area contributed by atoms with Gasteiger partial charge in [-0.25, -0.2) is 4.98 Å². The first-order chi connectivity index (χ1) is 7.59. The van der Waals surface area contributed by atoms with Crippen molar-refractivity contribution in [1.82, 2.24) is 4.98 Å². The summed E-state index contributed by atoms with van der Waals surface area (Å²) in [6, 6.07) is 6.62. The number of aromatic nitrogens is 1. The summed E-state index contributed by atoms with van der Waals surface area (Å²) in [6.07, 6.45) is 1.49. The molecule has 5 heteroatoms. The third kappa shape index (κ3) is 2.09. The molecule has 1 aromatic carbocycles. The van der Waals surface area contributed by atoms with Crippen molar-refractivity contribution in [2.45, 2.75) is 0 Å². The topological polar surface area (TPSA) is 33.1 Å². The number of nitrogens with zero attached hydrogens (tertiary/aromatic N) is 1. The molecule has 1 aromatic heterocycles. The van der Waals surface area contributed by atoms with Crippen LogP contribution < -0.4 is 0 Å². The van der Waals surface area contributed by atoms with Crippen LogP contribution in [0.1, 0.15) is 0 Å². The molecule has 2 nitrogen and oxygen atoms in total. The van der Waals surface area contributed by atoms with Crippen LogP contribution in [-0.4, -0.2) is 10.1 Å². The fourth-order valence-electron chi connectivity index (χ4n) is 1.35. The molecule has 16 heavy (non-hydrogen) atoms. The van der Waals surface area contributed by atoms with Gasteiger partial charge in [0.15, 0.2) is 10.9 Å². The molecule has 2 rings (SSSR count). The molecule has 82 valence electrons. The Morgan fingerprint density at radius 3 is 2.50 bits per heavy atom. The normalized spacial score (nSPS) is 10.4. The largest absolute Gasteiger partial charge is 0.504 e. The lowest BCUT2D eigenvalue weighted by atomic mass is 10.1. The summed E-state index contributed by atoms with van der Waals surface area (Å²) in [4.78, 5) is 3.76. The fraction of sp³-hybridized carbons (Fsp3) is 0. The van der Waals surface area contributed by atoms with Gasteiger partial charge in [-0.1, -0.05) is 34.8 Å². The number of hydrogen-bond acceptors (Lipinski definition) is 2. The maximum Gasteiger partial charge on any atom is 0.171 e. The first kappa shape index (κ1) is 11.5. The maximum atomic E-state index is 9.77. The monoisotopic (exact) mass is 273 g/mol. The van der Waals surface area contributed by atoms with Crippen molar-refractivity contribution in [3.63, 3.8) is 0 Å². The van der Waals surface area contributed by atoms with Crippen LogP contribution in [0, 0.1) is 0 Å². The molecule has 2 aromatic rings. The second kappa shape index (κ2) is 4.50. The van der Waals surface area contributed by atoms with Crippen molar-refractivity contribution in [3.05, 3.63) is 45.7 Å². The minimum Gasteiger partial charge on any atom is -0.504 e. The highest BCUT2D eigenvalue weighted by Crippen LogP contribution is 2.38. The van der Waals surface area contributed by atoms with Gasteiger partial charge in [0, 0.05) is 27.4 Å². The number of hydrogen-bond donors (Lipinski definition) is 1. The molecule has 0 saturated carbocycles. The van der Waals surface area contributed by atoms with E-state index in [0.29, 0.717) is 21.2 Å². The number of rotatable bonds is 1. The van der Waals surface area contributed by atoms with E-state index in [9.17, 15) is 5.11 Å². The molecule has 0 fully saturated rings. The minimum atomic E-state index is -0.103. The molecular formula is C11H6Cl3NO. The van der Waals surface area contributed by atoms with Crippen LogP contribution in [-0.2, 0) is 0 Å². The number of pyridine rings is 1. The highest BCUT2D eigenvalue weighted by Gasteiger charge is 2.11. The molecule has 0 bridgehead atoms.